The van der Waals surface area contributed by atoms with Gasteiger partial charge < -0.3 is 14.1 Å². The lowest BCUT2D eigenvalue weighted by molar-refractivity contribution is -0.149. The van der Waals surface area contributed by atoms with Crippen LogP contribution in [0, 0.1) is 5.92 Å². The largest absolute Gasteiger partial charge is 0.466 e. The van der Waals surface area contributed by atoms with Crippen LogP contribution in [0.15, 0.2) is 34.9 Å². The van der Waals surface area contributed by atoms with Crippen molar-refractivity contribution >= 4 is 23.5 Å². The molecule has 1 saturated heterocycles. The Morgan fingerprint density at radius 3 is 2.69 bits per heavy atom. The lowest BCUT2D eigenvalue weighted by Crippen LogP contribution is -2.40. The van der Waals surface area contributed by atoms with Crippen LogP contribution < -0.4 is 0 Å². The second-order valence-electron chi connectivity index (χ2n) is 8.24. The first-order valence-electron chi connectivity index (χ1n) is 11.3. The third-order valence-electron chi connectivity index (χ3n) is 6.00. The van der Waals surface area contributed by atoms with Crippen LogP contribution >= 0.6 is 11.6 Å². The zero-order chi connectivity index (χ0) is 23.1. The Morgan fingerprint density at radius 1 is 1.28 bits per heavy atom. The predicted octanol–water partition coefficient (Wildman–Crippen LogP) is 4.54. The molecule has 1 amide bonds. The maximum Gasteiger partial charge on any atom is 0.309 e. The molecule has 0 N–H and O–H groups in total. The van der Waals surface area contributed by atoms with Crippen molar-refractivity contribution in [3.8, 4) is 0 Å². The van der Waals surface area contributed by atoms with Crippen LogP contribution in [0.4, 0.5) is 0 Å². The number of carbonyl (C=O) groups excluding carboxylic acids is 2. The fraction of sp³-hybridized carbons (Fsp3) is 0.542. The number of piperidine rings is 1. The van der Waals surface area contributed by atoms with E-state index in [0.717, 1.165) is 12.0 Å². The van der Waals surface area contributed by atoms with Crippen LogP contribution in [0.3, 0.4) is 0 Å². The molecular formula is C24H32ClN3O4. The monoisotopic (exact) mass is 461 g/mol. The van der Waals surface area contributed by atoms with Crippen molar-refractivity contribution in [2.24, 2.45) is 5.92 Å². The number of ether oxygens (including phenoxy) is 1. The quantitative estimate of drug-likeness (QED) is 0.510. The lowest BCUT2D eigenvalue weighted by atomic mass is 9.97. The van der Waals surface area contributed by atoms with Crippen LogP contribution in [-0.4, -0.2) is 52.4 Å². The summed E-state index contributed by atoms with van der Waals surface area (Å²) in [5.41, 5.74) is 1.42. The summed E-state index contributed by atoms with van der Waals surface area (Å²) in [6.07, 6.45) is 3.62. The zero-order valence-electron chi connectivity index (χ0n) is 19.1. The molecule has 174 valence electrons. The first kappa shape index (κ1) is 24.3. The minimum Gasteiger partial charge on any atom is -0.466 e. The molecular weight excluding hydrogens is 430 g/mol. The zero-order valence-corrected chi connectivity index (χ0v) is 19.8. The molecule has 0 aliphatic carbocycles. The Balaban J connectivity index is 1.61. The highest BCUT2D eigenvalue weighted by Crippen LogP contribution is 2.21. The van der Waals surface area contributed by atoms with E-state index >= 15 is 0 Å². The van der Waals surface area contributed by atoms with Gasteiger partial charge >= 0.3 is 5.97 Å². The molecule has 0 radical (unpaired) electrons. The molecule has 1 atom stereocenters. The Morgan fingerprint density at radius 2 is 2.03 bits per heavy atom. The average Bonchev–Trinajstić information content (AvgIpc) is 3.26. The van der Waals surface area contributed by atoms with Crippen molar-refractivity contribution in [3.63, 3.8) is 0 Å². The number of halogens is 1. The van der Waals surface area contributed by atoms with Crippen molar-refractivity contribution in [2.45, 2.75) is 59.2 Å². The summed E-state index contributed by atoms with van der Waals surface area (Å²) >= 11 is 6.14. The van der Waals surface area contributed by atoms with E-state index in [0.29, 0.717) is 68.3 Å². The highest BCUT2D eigenvalue weighted by Gasteiger charge is 2.30. The Labute approximate surface area is 194 Å². The molecule has 8 heteroatoms. The van der Waals surface area contributed by atoms with Crippen LogP contribution in [0.1, 0.15) is 62.0 Å². The van der Waals surface area contributed by atoms with Crippen LogP contribution in [0.25, 0.3) is 0 Å². The molecule has 1 aliphatic rings. The van der Waals surface area contributed by atoms with Crippen molar-refractivity contribution in [2.75, 3.05) is 19.7 Å². The third kappa shape index (κ3) is 6.33. The molecule has 0 bridgehead atoms. The number of rotatable bonds is 9. The van der Waals surface area contributed by atoms with Crippen molar-refractivity contribution in [3.05, 3.63) is 52.7 Å². The van der Waals surface area contributed by atoms with Gasteiger partial charge in [-0.2, -0.15) is 0 Å². The van der Waals surface area contributed by atoms with Crippen LogP contribution in [-0.2, 0) is 22.6 Å². The summed E-state index contributed by atoms with van der Waals surface area (Å²) in [5.74, 6) is 0.0416. The van der Waals surface area contributed by atoms with E-state index in [2.05, 4.69) is 23.7 Å². The minimum absolute atomic E-state index is 0.137. The van der Waals surface area contributed by atoms with E-state index in [1.807, 2.05) is 24.3 Å². The van der Waals surface area contributed by atoms with Gasteiger partial charge in [-0.3, -0.25) is 14.5 Å². The fourth-order valence-corrected chi connectivity index (χ4v) is 4.10. The Bertz CT molecular complexity index is 908. The van der Waals surface area contributed by atoms with E-state index < -0.39 is 0 Å². The smallest absolute Gasteiger partial charge is 0.309 e. The van der Waals surface area contributed by atoms with Gasteiger partial charge in [0.15, 0.2) is 5.69 Å². The first-order valence-corrected chi connectivity index (χ1v) is 11.7. The standard InChI is InChI=1S/C24H32ClN3O4/c1-4-17(3)28(14-18-7-6-8-20(25)13-18)15-22-26-21(16-32-22)23(29)27-11-9-19(10-12-27)24(30)31-5-2/h6-8,13,16-17,19H,4-5,9-12,14-15H2,1-3H3/t17-/m1/s1. The Hall–Kier alpha value is -2.38. The molecule has 1 aromatic heterocycles. The summed E-state index contributed by atoms with van der Waals surface area (Å²) in [7, 11) is 0. The van der Waals surface area contributed by atoms with Crippen molar-refractivity contribution in [1.82, 2.24) is 14.8 Å². The lowest BCUT2D eigenvalue weighted by Gasteiger charge is -2.30. The number of hydrogen-bond donors (Lipinski definition) is 0. The maximum atomic E-state index is 12.9. The SMILES string of the molecule is CCOC(=O)C1CCN(C(=O)c2coc(CN(Cc3cccc(Cl)c3)[C@H](C)CC)n2)CC1. The number of nitrogens with zero attached hydrogens (tertiary/aromatic N) is 3. The number of amides is 1. The molecule has 1 fully saturated rings. The number of esters is 1. The molecule has 1 aromatic carbocycles. The van der Waals surface area contributed by atoms with E-state index in [-0.39, 0.29) is 17.8 Å². The van der Waals surface area contributed by atoms with Crippen molar-refractivity contribution in [1.29, 1.82) is 0 Å². The fourth-order valence-electron chi connectivity index (χ4n) is 3.89. The molecule has 7 nitrogen and oxygen atoms in total. The van der Waals surface area contributed by atoms with Gasteiger partial charge in [0.05, 0.1) is 19.1 Å². The van der Waals surface area contributed by atoms with E-state index in [4.69, 9.17) is 20.8 Å². The van der Waals surface area contributed by atoms with Gasteiger partial charge in [0.1, 0.15) is 6.26 Å². The number of hydrogen-bond acceptors (Lipinski definition) is 6. The molecule has 1 aliphatic heterocycles. The second-order valence-corrected chi connectivity index (χ2v) is 8.67. The van der Waals surface area contributed by atoms with Gasteiger partial charge in [0, 0.05) is 30.7 Å². The highest BCUT2D eigenvalue weighted by atomic mass is 35.5. The molecule has 0 spiro atoms. The summed E-state index contributed by atoms with van der Waals surface area (Å²) in [5, 5.41) is 0.710. The second kappa shape index (κ2) is 11.5. The number of carbonyl (C=O) groups is 2. The summed E-state index contributed by atoms with van der Waals surface area (Å²) in [6, 6.07) is 8.12. The predicted molar refractivity (Wildman–Crippen MR) is 122 cm³/mol. The third-order valence-corrected chi connectivity index (χ3v) is 6.24. The molecule has 2 aromatic rings. The summed E-state index contributed by atoms with van der Waals surface area (Å²) in [4.78, 5) is 33.3. The van der Waals surface area contributed by atoms with Gasteiger partial charge in [-0.1, -0.05) is 30.7 Å². The number of oxazole rings is 1. The molecule has 2 heterocycles. The van der Waals surface area contributed by atoms with Gasteiger partial charge in [-0.15, -0.1) is 0 Å². The molecule has 3 rings (SSSR count). The maximum absolute atomic E-state index is 12.9. The molecule has 32 heavy (non-hydrogen) atoms. The van der Waals surface area contributed by atoms with Crippen LogP contribution in [0.2, 0.25) is 5.02 Å². The molecule has 0 saturated carbocycles. The Kier molecular flexibility index (Phi) is 8.70. The first-order chi connectivity index (χ1) is 15.4. The normalized spacial score (nSPS) is 15.7. The molecule has 0 unspecified atom stereocenters. The van der Waals surface area contributed by atoms with E-state index in [1.165, 1.54) is 6.26 Å². The number of likely N-dealkylation sites (tertiary alicyclic amines) is 1. The van der Waals surface area contributed by atoms with Gasteiger partial charge in [0.25, 0.3) is 5.91 Å². The van der Waals surface area contributed by atoms with E-state index in [9.17, 15) is 9.59 Å². The van der Waals surface area contributed by atoms with Gasteiger partial charge in [-0.25, -0.2) is 4.98 Å². The average molecular weight is 462 g/mol. The van der Waals surface area contributed by atoms with Crippen LogP contribution in [0.5, 0.6) is 0 Å². The van der Waals surface area contributed by atoms with Gasteiger partial charge in [-0.05, 0) is 50.8 Å². The highest BCUT2D eigenvalue weighted by molar-refractivity contribution is 6.30. The minimum atomic E-state index is -0.173. The van der Waals surface area contributed by atoms with Gasteiger partial charge in [0.2, 0.25) is 5.89 Å². The van der Waals surface area contributed by atoms with Crippen molar-refractivity contribution < 1.29 is 18.7 Å². The van der Waals surface area contributed by atoms with E-state index in [1.54, 1.807) is 11.8 Å². The number of aromatic nitrogens is 1. The summed E-state index contributed by atoms with van der Waals surface area (Å²) in [6.45, 7) is 8.72. The number of benzene rings is 1. The topological polar surface area (TPSA) is 75.9 Å². The summed E-state index contributed by atoms with van der Waals surface area (Å²) < 4.78 is 10.8.